The van der Waals surface area contributed by atoms with Crippen LogP contribution in [0.2, 0.25) is 15.1 Å². The van der Waals surface area contributed by atoms with Gasteiger partial charge in [-0.1, -0.05) is 46.9 Å². The monoisotopic (exact) mass is 446 g/mol. The number of halogens is 3. The lowest BCUT2D eigenvalue weighted by Gasteiger charge is -2.07. The van der Waals surface area contributed by atoms with Crippen LogP contribution in [-0.2, 0) is 6.61 Å². The molecule has 0 unspecified atom stereocenters. The first-order valence-electron chi connectivity index (χ1n) is 8.69. The highest BCUT2D eigenvalue weighted by molar-refractivity contribution is 6.42. The maximum Gasteiger partial charge on any atom is 0.271 e. The molecule has 148 valence electrons. The van der Waals surface area contributed by atoms with Gasteiger partial charge in [0.05, 0.1) is 16.3 Å². The van der Waals surface area contributed by atoms with E-state index in [-0.39, 0.29) is 5.91 Å². The Bertz CT molecular complexity index is 1050. The van der Waals surface area contributed by atoms with Crippen molar-refractivity contribution in [2.24, 2.45) is 5.10 Å². The topological polar surface area (TPSA) is 50.7 Å². The number of carbonyl (C=O) groups is 1. The Labute approximate surface area is 184 Å². The Morgan fingerprint density at radius 3 is 2.41 bits per heavy atom. The van der Waals surface area contributed by atoms with Gasteiger partial charge in [0.1, 0.15) is 12.4 Å². The largest absolute Gasteiger partial charge is 0.489 e. The number of nitrogens with one attached hydrogen (secondary N) is 1. The minimum Gasteiger partial charge on any atom is -0.489 e. The molecule has 3 aromatic carbocycles. The first kappa shape index (κ1) is 21.2. The van der Waals surface area contributed by atoms with E-state index >= 15 is 0 Å². The average molecular weight is 448 g/mol. The van der Waals surface area contributed by atoms with E-state index in [9.17, 15) is 4.79 Å². The molecule has 0 aliphatic rings. The summed E-state index contributed by atoms with van der Waals surface area (Å²) in [5, 5.41) is 5.52. The lowest BCUT2D eigenvalue weighted by Crippen LogP contribution is -2.17. The van der Waals surface area contributed by atoms with Crippen molar-refractivity contribution in [1.29, 1.82) is 0 Å². The Morgan fingerprint density at radius 1 is 0.966 bits per heavy atom. The maximum absolute atomic E-state index is 12.1. The van der Waals surface area contributed by atoms with Crippen molar-refractivity contribution in [1.82, 2.24) is 5.43 Å². The molecule has 0 fully saturated rings. The summed E-state index contributed by atoms with van der Waals surface area (Å²) in [6.45, 7) is 2.25. The Hall–Kier alpha value is -2.53. The Balaban J connectivity index is 1.53. The predicted octanol–water partition coefficient (Wildman–Crippen LogP) is 6.30. The van der Waals surface area contributed by atoms with Crippen LogP contribution in [0.4, 0.5) is 0 Å². The Kier molecular flexibility index (Phi) is 7.15. The lowest BCUT2D eigenvalue weighted by atomic mass is 10.1. The number of hydrazone groups is 1. The van der Waals surface area contributed by atoms with Crippen LogP contribution in [0.15, 0.2) is 65.8 Å². The third kappa shape index (κ3) is 5.97. The zero-order chi connectivity index (χ0) is 20.8. The molecule has 4 nitrogen and oxygen atoms in total. The third-order valence-electron chi connectivity index (χ3n) is 4.08. The second kappa shape index (κ2) is 9.79. The molecule has 0 aliphatic carbocycles. The van der Waals surface area contributed by atoms with E-state index in [0.717, 1.165) is 16.7 Å². The van der Waals surface area contributed by atoms with Gasteiger partial charge in [-0.3, -0.25) is 4.79 Å². The number of rotatable bonds is 6. The summed E-state index contributed by atoms with van der Waals surface area (Å²) in [5.74, 6) is 0.372. The Morgan fingerprint density at radius 2 is 1.72 bits per heavy atom. The molecule has 7 heteroatoms. The van der Waals surface area contributed by atoms with Crippen LogP contribution < -0.4 is 10.2 Å². The number of hydrogen-bond donors (Lipinski definition) is 1. The van der Waals surface area contributed by atoms with Gasteiger partial charge in [-0.25, -0.2) is 5.43 Å². The first-order valence-corrected chi connectivity index (χ1v) is 9.82. The van der Waals surface area contributed by atoms with Crippen LogP contribution in [0.3, 0.4) is 0 Å². The summed E-state index contributed by atoms with van der Waals surface area (Å²) >= 11 is 17.9. The summed E-state index contributed by atoms with van der Waals surface area (Å²) in [6, 6.07) is 17.8. The molecule has 0 aliphatic heterocycles. The fourth-order valence-corrected chi connectivity index (χ4v) is 2.91. The molecule has 0 heterocycles. The predicted molar refractivity (Wildman–Crippen MR) is 118 cm³/mol. The highest BCUT2D eigenvalue weighted by Gasteiger charge is 2.06. The number of hydrogen-bond acceptors (Lipinski definition) is 3. The van der Waals surface area contributed by atoms with E-state index in [0.29, 0.717) is 33.0 Å². The van der Waals surface area contributed by atoms with Gasteiger partial charge in [-0.15, -0.1) is 0 Å². The van der Waals surface area contributed by atoms with Gasteiger partial charge in [-0.2, -0.15) is 5.10 Å². The molecule has 0 spiro atoms. The molecule has 3 rings (SSSR count). The van der Waals surface area contributed by atoms with Gasteiger partial charge in [0.25, 0.3) is 5.91 Å². The summed E-state index contributed by atoms with van der Waals surface area (Å²) in [7, 11) is 0. The van der Waals surface area contributed by atoms with Crippen LogP contribution in [0.1, 0.15) is 27.0 Å². The molecule has 1 amide bonds. The molecule has 0 atom stereocenters. The van der Waals surface area contributed by atoms with Crippen molar-refractivity contribution >= 4 is 46.9 Å². The van der Waals surface area contributed by atoms with Crippen molar-refractivity contribution < 1.29 is 9.53 Å². The van der Waals surface area contributed by atoms with Crippen molar-refractivity contribution in [2.45, 2.75) is 13.5 Å². The molecular weight excluding hydrogens is 431 g/mol. The fraction of sp³-hybridized carbons (Fsp3) is 0.0909. The number of aryl methyl sites for hydroxylation is 1. The van der Waals surface area contributed by atoms with E-state index in [1.54, 1.807) is 36.5 Å². The highest BCUT2D eigenvalue weighted by Crippen LogP contribution is 2.23. The number of carbonyl (C=O) groups excluding carboxylic acids is 1. The van der Waals surface area contributed by atoms with Crippen LogP contribution in [0.25, 0.3) is 0 Å². The van der Waals surface area contributed by atoms with Crippen LogP contribution in [0.5, 0.6) is 5.75 Å². The molecule has 0 saturated carbocycles. The zero-order valence-corrected chi connectivity index (χ0v) is 17.7. The normalized spacial score (nSPS) is 10.9. The van der Waals surface area contributed by atoms with E-state index < -0.39 is 0 Å². The average Bonchev–Trinajstić information content (AvgIpc) is 2.72. The van der Waals surface area contributed by atoms with Crippen LogP contribution >= 0.6 is 34.8 Å². The van der Waals surface area contributed by atoms with Gasteiger partial charge in [0, 0.05) is 10.6 Å². The minimum absolute atomic E-state index is 0.329. The molecule has 0 radical (unpaired) electrons. The summed E-state index contributed by atoms with van der Waals surface area (Å²) in [6.07, 6.45) is 1.55. The van der Waals surface area contributed by atoms with Gasteiger partial charge in [0.15, 0.2) is 0 Å². The summed E-state index contributed by atoms with van der Waals surface area (Å²) in [5.41, 5.74) is 5.58. The minimum atomic E-state index is -0.329. The van der Waals surface area contributed by atoms with Crippen LogP contribution in [-0.4, -0.2) is 12.1 Å². The molecular formula is C22H17Cl3N2O2. The van der Waals surface area contributed by atoms with Crippen molar-refractivity contribution in [2.75, 3.05) is 0 Å². The molecule has 0 saturated heterocycles. The number of ether oxygens (including phenoxy) is 1. The summed E-state index contributed by atoms with van der Waals surface area (Å²) in [4.78, 5) is 12.1. The van der Waals surface area contributed by atoms with Gasteiger partial charge < -0.3 is 4.74 Å². The first-order chi connectivity index (χ1) is 13.9. The van der Waals surface area contributed by atoms with Gasteiger partial charge in [0.2, 0.25) is 0 Å². The third-order valence-corrected chi connectivity index (χ3v) is 5.23. The fourth-order valence-electron chi connectivity index (χ4n) is 2.41. The zero-order valence-electron chi connectivity index (χ0n) is 15.5. The second-order valence-electron chi connectivity index (χ2n) is 6.27. The number of amides is 1. The van der Waals surface area contributed by atoms with E-state index in [4.69, 9.17) is 39.5 Å². The highest BCUT2D eigenvalue weighted by atomic mass is 35.5. The number of benzene rings is 3. The van der Waals surface area contributed by atoms with Crippen molar-refractivity contribution in [3.8, 4) is 5.75 Å². The maximum atomic E-state index is 12.1. The van der Waals surface area contributed by atoms with Crippen molar-refractivity contribution in [3.05, 3.63) is 98.0 Å². The smallest absolute Gasteiger partial charge is 0.271 e. The standard InChI is InChI=1S/C22H17Cl3N2O2/c1-14-2-6-17(11-20(14)24)22(28)27-26-12-15-3-7-18(8-4-15)29-13-16-5-9-19(23)21(25)10-16/h2-12H,13H2,1H3,(H,27,28)/b26-12-. The van der Waals surface area contributed by atoms with E-state index in [1.807, 2.05) is 37.3 Å². The number of nitrogens with zero attached hydrogens (tertiary/aromatic N) is 1. The quantitative estimate of drug-likeness (QED) is 0.356. The second-order valence-corrected chi connectivity index (χ2v) is 7.49. The molecule has 1 N–H and O–H groups in total. The van der Waals surface area contributed by atoms with Gasteiger partial charge >= 0.3 is 0 Å². The molecule has 3 aromatic rings. The van der Waals surface area contributed by atoms with Crippen molar-refractivity contribution in [3.63, 3.8) is 0 Å². The van der Waals surface area contributed by atoms with E-state index in [1.165, 1.54) is 0 Å². The molecule has 29 heavy (non-hydrogen) atoms. The SMILES string of the molecule is Cc1ccc(C(=O)N/N=C\c2ccc(OCc3ccc(Cl)c(Cl)c3)cc2)cc1Cl. The van der Waals surface area contributed by atoms with Crippen LogP contribution in [0, 0.1) is 6.92 Å². The summed E-state index contributed by atoms with van der Waals surface area (Å²) < 4.78 is 5.73. The van der Waals surface area contributed by atoms with E-state index in [2.05, 4.69) is 10.5 Å². The molecule has 0 aromatic heterocycles. The van der Waals surface area contributed by atoms with Gasteiger partial charge in [-0.05, 0) is 72.1 Å². The lowest BCUT2D eigenvalue weighted by molar-refractivity contribution is 0.0955. The molecule has 0 bridgehead atoms.